The van der Waals surface area contributed by atoms with E-state index in [-0.39, 0.29) is 17.9 Å². The van der Waals surface area contributed by atoms with Gasteiger partial charge in [0.1, 0.15) is 12.0 Å². The van der Waals surface area contributed by atoms with Gasteiger partial charge in [-0.3, -0.25) is 9.59 Å². The van der Waals surface area contributed by atoms with Crippen molar-refractivity contribution in [2.45, 2.75) is 38.7 Å². The molecular formula is C17H22O5. The molecule has 5 nitrogen and oxygen atoms in total. The number of carbonyl (C=O) groups is 2. The normalized spacial score (nSPS) is 21.4. The lowest BCUT2D eigenvalue weighted by Crippen LogP contribution is -2.37. The van der Waals surface area contributed by atoms with E-state index in [0.29, 0.717) is 24.3 Å². The van der Waals surface area contributed by atoms with E-state index in [2.05, 4.69) is 0 Å². The molecule has 0 aromatic heterocycles. The molecule has 1 saturated heterocycles. The lowest BCUT2D eigenvalue weighted by Gasteiger charge is -2.24. The minimum atomic E-state index is -0.601. The molecule has 2 rings (SSSR count). The van der Waals surface area contributed by atoms with Crippen LogP contribution in [0.1, 0.15) is 31.7 Å². The predicted molar refractivity (Wildman–Crippen MR) is 81.2 cm³/mol. The van der Waals surface area contributed by atoms with Gasteiger partial charge in [0.15, 0.2) is 17.3 Å². The van der Waals surface area contributed by atoms with Gasteiger partial charge in [0, 0.05) is 6.42 Å². The van der Waals surface area contributed by atoms with Gasteiger partial charge in [-0.2, -0.15) is 0 Å². The fraction of sp³-hybridized carbons (Fsp3) is 0.529. The molecular weight excluding hydrogens is 284 g/mol. The first kappa shape index (κ1) is 16.3. The fourth-order valence-corrected chi connectivity index (χ4v) is 2.70. The van der Waals surface area contributed by atoms with Crippen LogP contribution in [0.25, 0.3) is 0 Å². The third kappa shape index (κ3) is 3.78. The zero-order valence-electron chi connectivity index (χ0n) is 13.3. The Labute approximate surface area is 130 Å². The molecule has 1 aromatic rings. The highest BCUT2D eigenvalue weighted by molar-refractivity contribution is 6.00. The van der Waals surface area contributed by atoms with Crippen LogP contribution in [0.3, 0.4) is 0 Å². The zero-order chi connectivity index (χ0) is 16.1. The second-order valence-electron chi connectivity index (χ2n) is 5.55. The van der Waals surface area contributed by atoms with Gasteiger partial charge in [-0.05, 0) is 43.9 Å². The Balaban J connectivity index is 1.91. The summed E-state index contributed by atoms with van der Waals surface area (Å²) < 4.78 is 15.6. The molecule has 120 valence electrons. The van der Waals surface area contributed by atoms with Crippen LogP contribution in [-0.2, 0) is 20.7 Å². The van der Waals surface area contributed by atoms with E-state index < -0.39 is 5.92 Å². The summed E-state index contributed by atoms with van der Waals surface area (Å²) in [6, 6.07) is 5.74. The summed E-state index contributed by atoms with van der Waals surface area (Å²) in [5.74, 6) is 0.386. The highest BCUT2D eigenvalue weighted by Crippen LogP contribution is 2.28. The third-order valence-corrected chi connectivity index (χ3v) is 3.89. The monoisotopic (exact) mass is 306 g/mol. The maximum absolute atomic E-state index is 11.9. The molecule has 5 heteroatoms. The summed E-state index contributed by atoms with van der Waals surface area (Å²) in [7, 11) is 3.19. The number of Topliss-reactive ketones (excluding diaryl/α,β-unsaturated/α-hetero) is 1. The average molecular weight is 306 g/mol. The molecule has 0 amide bonds. The van der Waals surface area contributed by atoms with Crippen LogP contribution in [-0.4, -0.2) is 32.1 Å². The molecule has 0 unspecified atom stereocenters. The van der Waals surface area contributed by atoms with Crippen molar-refractivity contribution in [1.29, 1.82) is 0 Å². The zero-order valence-corrected chi connectivity index (χ0v) is 13.3. The summed E-state index contributed by atoms with van der Waals surface area (Å²) in [5.41, 5.74) is 1.09. The second kappa shape index (κ2) is 7.29. The fourth-order valence-electron chi connectivity index (χ4n) is 2.70. The number of benzene rings is 1. The van der Waals surface area contributed by atoms with Crippen LogP contribution >= 0.6 is 0 Å². The van der Waals surface area contributed by atoms with E-state index in [1.807, 2.05) is 18.2 Å². The summed E-state index contributed by atoms with van der Waals surface area (Å²) in [6.07, 6.45) is 2.08. The number of hydrogen-bond acceptors (Lipinski definition) is 5. The number of rotatable bonds is 6. The van der Waals surface area contributed by atoms with Gasteiger partial charge < -0.3 is 14.2 Å². The Bertz CT molecular complexity index is 534. The molecule has 22 heavy (non-hydrogen) atoms. The molecule has 0 saturated carbocycles. The van der Waals surface area contributed by atoms with E-state index in [1.165, 1.54) is 0 Å². The number of esters is 1. The Morgan fingerprint density at radius 3 is 2.55 bits per heavy atom. The molecule has 0 bridgehead atoms. The van der Waals surface area contributed by atoms with Gasteiger partial charge >= 0.3 is 5.97 Å². The summed E-state index contributed by atoms with van der Waals surface area (Å²) in [4.78, 5) is 23.7. The van der Waals surface area contributed by atoms with Crippen molar-refractivity contribution in [3.05, 3.63) is 23.8 Å². The summed E-state index contributed by atoms with van der Waals surface area (Å²) in [5, 5.41) is 0. The van der Waals surface area contributed by atoms with Crippen LogP contribution in [0.15, 0.2) is 18.2 Å². The van der Waals surface area contributed by atoms with Gasteiger partial charge in [-0.15, -0.1) is 0 Å². The maximum atomic E-state index is 11.9. The van der Waals surface area contributed by atoms with E-state index >= 15 is 0 Å². The first-order chi connectivity index (χ1) is 10.5. The van der Waals surface area contributed by atoms with Crippen LogP contribution in [0.4, 0.5) is 0 Å². The molecule has 0 spiro atoms. The smallest absolute Gasteiger partial charge is 0.316 e. The summed E-state index contributed by atoms with van der Waals surface area (Å²) in [6.45, 7) is 1.75. The maximum Gasteiger partial charge on any atom is 0.316 e. The SMILES string of the molecule is COc1ccc(CCC[C@H]2C(=O)C[C@@H](C)OC2=O)cc1OC. The quantitative estimate of drug-likeness (QED) is 0.597. The Morgan fingerprint density at radius 1 is 1.18 bits per heavy atom. The van der Waals surface area contributed by atoms with E-state index in [1.54, 1.807) is 21.1 Å². The van der Waals surface area contributed by atoms with Crippen molar-refractivity contribution in [1.82, 2.24) is 0 Å². The van der Waals surface area contributed by atoms with Crippen molar-refractivity contribution < 1.29 is 23.8 Å². The van der Waals surface area contributed by atoms with Crippen molar-refractivity contribution in [3.63, 3.8) is 0 Å². The van der Waals surface area contributed by atoms with Crippen LogP contribution in [0.2, 0.25) is 0 Å². The molecule has 0 radical (unpaired) electrons. The van der Waals surface area contributed by atoms with Gasteiger partial charge in [0.25, 0.3) is 0 Å². The highest BCUT2D eigenvalue weighted by Gasteiger charge is 2.34. The molecule has 2 atom stereocenters. The number of ether oxygens (including phenoxy) is 3. The van der Waals surface area contributed by atoms with Crippen LogP contribution in [0.5, 0.6) is 11.5 Å². The minimum absolute atomic E-state index is 0.00365. The lowest BCUT2D eigenvalue weighted by molar-refractivity contribution is -0.163. The van der Waals surface area contributed by atoms with Crippen molar-refractivity contribution in [2.75, 3.05) is 14.2 Å². The number of ketones is 1. The van der Waals surface area contributed by atoms with E-state index in [0.717, 1.165) is 18.4 Å². The molecule has 1 heterocycles. The predicted octanol–water partition coefficient (Wildman–Crippen LogP) is 2.55. The van der Waals surface area contributed by atoms with Crippen LogP contribution in [0, 0.1) is 5.92 Å². The number of cyclic esters (lactones) is 1. The standard InChI is InChI=1S/C17H22O5/c1-11-9-14(18)13(17(19)22-11)6-4-5-12-7-8-15(20-2)16(10-12)21-3/h7-8,10-11,13H,4-6,9H2,1-3H3/t11-,13+/m1/s1. The van der Waals surface area contributed by atoms with E-state index in [4.69, 9.17) is 14.2 Å². The first-order valence-electron chi connectivity index (χ1n) is 7.49. The minimum Gasteiger partial charge on any atom is -0.493 e. The molecule has 1 aliphatic rings. The number of aryl methyl sites for hydroxylation is 1. The first-order valence-corrected chi connectivity index (χ1v) is 7.49. The Hall–Kier alpha value is -2.04. The largest absolute Gasteiger partial charge is 0.493 e. The highest BCUT2D eigenvalue weighted by atomic mass is 16.5. The average Bonchev–Trinajstić information content (AvgIpc) is 2.49. The molecule has 1 aliphatic heterocycles. The number of carbonyl (C=O) groups excluding carboxylic acids is 2. The lowest BCUT2D eigenvalue weighted by atomic mass is 9.91. The third-order valence-electron chi connectivity index (χ3n) is 3.89. The van der Waals surface area contributed by atoms with Crippen LogP contribution < -0.4 is 9.47 Å². The Morgan fingerprint density at radius 2 is 1.91 bits per heavy atom. The second-order valence-corrected chi connectivity index (χ2v) is 5.55. The van der Waals surface area contributed by atoms with Crippen molar-refractivity contribution in [2.24, 2.45) is 5.92 Å². The van der Waals surface area contributed by atoms with E-state index in [9.17, 15) is 9.59 Å². The summed E-state index contributed by atoms with van der Waals surface area (Å²) >= 11 is 0. The van der Waals surface area contributed by atoms with Crippen molar-refractivity contribution >= 4 is 11.8 Å². The van der Waals surface area contributed by atoms with Gasteiger partial charge in [-0.1, -0.05) is 6.07 Å². The van der Waals surface area contributed by atoms with Crippen molar-refractivity contribution in [3.8, 4) is 11.5 Å². The molecule has 0 aliphatic carbocycles. The van der Waals surface area contributed by atoms with Gasteiger partial charge in [-0.25, -0.2) is 0 Å². The number of methoxy groups -OCH3 is 2. The Kier molecular flexibility index (Phi) is 5.41. The number of hydrogen-bond donors (Lipinski definition) is 0. The van der Waals surface area contributed by atoms with Gasteiger partial charge in [0.05, 0.1) is 14.2 Å². The molecule has 1 aromatic carbocycles. The van der Waals surface area contributed by atoms with Gasteiger partial charge in [0.2, 0.25) is 0 Å². The molecule has 1 fully saturated rings. The topological polar surface area (TPSA) is 61.8 Å². The molecule has 0 N–H and O–H groups in total.